The summed E-state index contributed by atoms with van der Waals surface area (Å²) in [4.78, 5) is 12.6. The minimum absolute atomic E-state index is 0.106. The van der Waals surface area contributed by atoms with Crippen LogP contribution < -0.4 is 0 Å². The smallest absolute Gasteiger partial charge is 0.330 e. The molecule has 5 rings (SSSR count). The van der Waals surface area contributed by atoms with Crippen molar-refractivity contribution in [2.24, 2.45) is 0 Å². The lowest BCUT2D eigenvalue weighted by Crippen LogP contribution is -2.67. The Hall–Kier alpha value is -3.75. The molecule has 0 amide bonds. The van der Waals surface area contributed by atoms with Crippen LogP contribution in [0.15, 0.2) is 42.5 Å². The van der Waals surface area contributed by atoms with E-state index < -0.39 is 129 Å². The molecule has 0 aromatic heterocycles. The van der Waals surface area contributed by atoms with Crippen molar-refractivity contribution in [1.82, 2.24) is 0 Å². The van der Waals surface area contributed by atoms with E-state index in [-0.39, 0.29) is 24.5 Å². The van der Waals surface area contributed by atoms with E-state index in [0.717, 1.165) is 6.08 Å². The maximum atomic E-state index is 12.6. The Kier molecular flexibility index (Phi) is 14.8. The molecule has 0 unspecified atom stereocenters. The topological polar surface area (TPSA) is 345 Å². The van der Waals surface area contributed by atoms with Gasteiger partial charge in [0.05, 0.1) is 19.8 Å². The second kappa shape index (κ2) is 19.1. The third-order valence-electron chi connectivity index (χ3n) is 9.41. The van der Waals surface area contributed by atoms with Crippen LogP contribution in [-0.4, -0.2) is 191 Å². The van der Waals surface area contributed by atoms with Crippen LogP contribution in [0.2, 0.25) is 0 Å². The lowest BCUT2D eigenvalue weighted by atomic mass is 9.96. The molecule has 0 bridgehead atoms. The zero-order valence-corrected chi connectivity index (χ0v) is 29.4. The fourth-order valence-electron chi connectivity index (χ4n) is 6.18. The van der Waals surface area contributed by atoms with Crippen LogP contribution in [0.4, 0.5) is 0 Å². The predicted octanol–water partition coefficient (Wildman–Crippen LogP) is -4.22. The van der Waals surface area contributed by atoms with E-state index in [2.05, 4.69) is 0 Å². The third-order valence-corrected chi connectivity index (χ3v) is 9.41. The molecule has 0 radical (unpaired) electrons. The molecule has 0 saturated carbocycles. The Morgan fingerprint density at radius 3 is 1.84 bits per heavy atom. The highest BCUT2D eigenvalue weighted by molar-refractivity contribution is 5.87. The van der Waals surface area contributed by atoms with Crippen molar-refractivity contribution in [1.29, 1.82) is 0 Å². The summed E-state index contributed by atoms with van der Waals surface area (Å²) in [7, 11) is 0. The average molecular weight is 803 g/mol. The average Bonchev–Trinajstić information content (AvgIpc) is 3.18. The Balaban J connectivity index is 1.35. The van der Waals surface area contributed by atoms with Crippen LogP contribution in [0.5, 0.6) is 23.0 Å². The maximum Gasteiger partial charge on any atom is 0.330 e. The number of hydrogen-bond donors (Lipinski definition) is 13. The molecule has 21 heteroatoms. The number of phenols is 4. The maximum absolute atomic E-state index is 12.6. The first-order chi connectivity index (χ1) is 26.6. The molecule has 3 aliphatic heterocycles. The van der Waals surface area contributed by atoms with E-state index in [1.54, 1.807) is 0 Å². The molecule has 56 heavy (non-hydrogen) atoms. The number of ether oxygens (including phenoxy) is 7. The van der Waals surface area contributed by atoms with Crippen molar-refractivity contribution < 1.29 is 104 Å². The van der Waals surface area contributed by atoms with Gasteiger partial charge < -0.3 is 99.5 Å². The van der Waals surface area contributed by atoms with Gasteiger partial charge in [0.1, 0.15) is 79.9 Å². The van der Waals surface area contributed by atoms with Crippen LogP contribution >= 0.6 is 0 Å². The quantitative estimate of drug-likeness (QED) is 0.0489. The number of hydrogen-bond acceptors (Lipinski definition) is 21. The first-order valence-electron chi connectivity index (χ1n) is 17.4. The summed E-state index contributed by atoms with van der Waals surface area (Å²) < 4.78 is 39.4. The minimum atomic E-state index is -1.99. The highest BCUT2D eigenvalue weighted by atomic mass is 16.8. The second-order valence-corrected chi connectivity index (χ2v) is 13.3. The fraction of sp³-hybridized carbons (Fsp3) is 0.571. The number of carbonyl (C=O) groups excluding carboxylic acids is 1. The molecular formula is C35H46O21. The van der Waals surface area contributed by atoms with Gasteiger partial charge in [0, 0.05) is 6.08 Å². The van der Waals surface area contributed by atoms with Gasteiger partial charge in [-0.25, -0.2) is 4.79 Å². The van der Waals surface area contributed by atoms with E-state index in [1.165, 1.54) is 42.5 Å². The molecule has 3 fully saturated rings. The number of esters is 1. The monoisotopic (exact) mass is 802 g/mol. The summed E-state index contributed by atoms with van der Waals surface area (Å²) in [5.74, 6) is -2.52. The van der Waals surface area contributed by atoms with Gasteiger partial charge in [0.2, 0.25) is 0 Å². The number of aliphatic hydroxyl groups is 9. The van der Waals surface area contributed by atoms with Gasteiger partial charge in [-0.15, -0.1) is 0 Å². The van der Waals surface area contributed by atoms with Crippen LogP contribution in [0.25, 0.3) is 6.08 Å². The number of aliphatic hydroxyl groups excluding tert-OH is 9. The normalized spacial score (nSPS) is 36.4. The molecular weight excluding hydrogens is 756 g/mol. The molecule has 21 nitrogen and oxygen atoms in total. The largest absolute Gasteiger partial charge is 0.504 e. The van der Waals surface area contributed by atoms with Gasteiger partial charge in [-0.1, -0.05) is 12.1 Å². The van der Waals surface area contributed by atoms with Crippen LogP contribution in [0.3, 0.4) is 0 Å². The Morgan fingerprint density at radius 1 is 0.607 bits per heavy atom. The molecule has 15 atom stereocenters. The van der Waals surface area contributed by atoms with Crippen molar-refractivity contribution in [3.05, 3.63) is 53.6 Å². The number of phenolic OH excluding ortho intramolecular Hbond substituents is 4. The summed E-state index contributed by atoms with van der Waals surface area (Å²) in [6.07, 6.45) is -24.5. The second-order valence-electron chi connectivity index (χ2n) is 13.3. The van der Waals surface area contributed by atoms with Gasteiger partial charge in [0.25, 0.3) is 0 Å². The molecule has 312 valence electrons. The Bertz CT molecular complexity index is 1620. The van der Waals surface area contributed by atoms with E-state index in [1.807, 2.05) is 0 Å². The Morgan fingerprint density at radius 2 is 1.20 bits per heavy atom. The van der Waals surface area contributed by atoms with Gasteiger partial charge in [-0.05, 0) is 47.9 Å². The fourth-order valence-corrected chi connectivity index (χ4v) is 6.18. The number of benzene rings is 2. The number of rotatable bonds is 14. The van der Waals surface area contributed by atoms with Gasteiger partial charge in [-0.2, -0.15) is 0 Å². The predicted molar refractivity (Wildman–Crippen MR) is 181 cm³/mol. The van der Waals surface area contributed by atoms with Gasteiger partial charge in [-0.3, -0.25) is 0 Å². The number of carbonyl (C=O) groups is 1. The first kappa shape index (κ1) is 43.4. The Labute approximate surface area is 317 Å². The van der Waals surface area contributed by atoms with Crippen LogP contribution in [0.1, 0.15) is 11.1 Å². The van der Waals surface area contributed by atoms with Crippen molar-refractivity contribution >= 4 is 12.0 Å². The van der Waals surface area contributed by atoms with Crippen LogP contribution in [-0.2, 0) is 44.4 Å². The minimum Gasteiger partial charge on any atom is -0.504 e. The lowest BCUT2D eigenvalue weighted by molar-refractivity contribution is -0.389. The standard InChI is InChI=1S/C35H46O21/c36-11-20-24(43)27(46)29(48)34(52-20)56-32-28(47)25(44)21(12-37)53-35(32)55-31-26(45)22(13-51-23(42)6-3-14-1-4-16(38)18(40)9-14)54-33(30(31)49)50-8-7-15-2-5-17(39)19(41)10-15/h1-6,9-10,20-22,24-41,43-49H,7-8,11-13H2/b6-3+/t20-,21-,22-,24-,25-,26-,27+,28+,29-,30-,31+,32-,33-,34+,35+/m1/s1. The summed E-state index contributed by atoms with van der Waals surface area (Å²) in [6, 6.07) is 7.79. The molecule has 0 spiro atoms. The summed E-state index contributed by atoms with van der Waals surface area (Å²) in [6.45, 7) is -2.58. The molecule has 0 aliphatic carbocycles. The van der Waals surface area contributed by atoms with E-state index in [4.69, 9.17) is 33.2 Å². The molecule has 3 heterocycles. The summed E-state index contributed by atoms with van der Waals surface area (Å²) >= 11 is 0. The van der Waals surface area contributed by atoms with Gasteiger partial charge >= 0.3 is 5.97 Å². The lowest BCUT2D eigenvalue weighted by Gasteiger charge is -2.48. The van der Waals surface area contributed by atoms with Crippen molar-refractivity contribution in [3.63, 3.8) is 0 Å². The highest BCUT2D eigenvalue weighted by Crippen LogP contribution is 2.34. The van der Waals surface area contributed by atoms with E-state index >= 15 is 0 Å². The third kappa shape index (κ3) is 10.0. The molecule has 2 aromatic rings. The summed E-state index contributed by atoms with van der Waals surface area (Å²) in [5.41, 5.74) is 0.823. The zero-order chi connectivity index (χ0) is 40.8. The van der Waals surface area contributed by atoms with Crippen molar-refractivity contribution in [2.75, 3.05) is 26.4 Å². The zero-order valence-electron chi connectivity index (χ0n) is 29.4. The molecule has 3 saturated heterocycles. The SMILES string of the molecule is O=C(/C=C/c1ccc(O)c(O)c1)OC[C@H]1O[C@@H](OCCc2ccc(O)c(O)c2)[C@H](O)[C@@H](O[C@@H]2O[C@H](CO)[C@@H](O)[C@H](O)[C@H]2O[C@@H]2O[C@H](CO)[C@@H](O)[C@H](O)[C@H]2O)[C@@H]1O. The van der Waals surface area contributed by atoms with E-state index in [9.17, 15) is 71.2 Å². The molecule has 3 aliphatic rings. The molecule has 2 aromatic carbocycles. The van der Waals surface area contributed by atoms with Crippen molar-refractivity contribution in [3.8, 4) is 23.0 Å². The van der Waals surface area contributed by atoms with Gasteiger partial charge in [0.15, 0.2) is 41.9 Å². The summed E-state index contributed by atoms with van der Waals surface area (Å²) in [5, 5.41) is 134. The highest BCUT2D eigenvalue weighted by Gasteiger charge is 2.54. The van der Waals surface area contributed by atoms with E-state index in [0.29, 0.717) is 11.1 Å². The first-order valence-corrected chi connectivity index (χ1v) is 17.4. The van der Waals surface area contributed by atoms with Crippen molar-refractivity contribution in [2.45, 2.75) is 98.5 Å². The number of aromatic hydroxyl groups is 4. The molecule has 13 N–H and O–H groups in total. The van der Waals surface area contributed by atoms with Crippen LogP contribution in [0, 0.1) is 0 Å².